The number of nitrogens with zero attached hydrogens (tertiary/aromatic N) is 2. The fourth-order valence-corrected chi connectivity index (χ4v) is 3.30. The molecule has 0 N–H and O–H groups in total. The van der Waals surface area contributed by atoms with Crippen LogP contribution in [0.3, 0.4) is 0 Å². The van der Waals surface area contributed by atoms with Crippen LogP contribution >= 0.6 is 0 Å². The third-order valence-corrected chi connectivity index (χ3v) is 4.62. The number of benzene rings is 2. The number of fused-ring (bicyclic) bond motifs is 1. The van der Waals surface area contributed by atoms with E-state index in [1.54, 1.807) is 6.07 Å². The molecule has 0 spiro atoms. The summed E-state index contributed by atoms with van der Waals surface area (Å²) in [5.74, 6) is 0.751. The van der Waals surface area contributed by atoms with Gasteiger partial charge in [0.25, 0.3) is 0 Å². The number of likely N-dealkylation sites (N-methyl/N-ethyl adjacent to an activating group) is 1. The van der Waals surface area contributed by atoms with Gasteiger partial charge in [0, 0.05) is 31.7 Å². The number of aromatic nitrogens is 1. The summed E-state index contributed by atoms with van der Waals surface area (Å²) in [4.78, 5) is 2.31. The van der Waals surface area contributed by atoms with E-state index in [0.717, 1.165) is 49.2 Å². The molecule has 3 aromatic rings. The number of ether oxygens (including phenoxy) is 1. The number of aryl methyl sites for hydroxylation is 1. The van der Waals surface area contributed by atoms with E-state index in [4.69, 9.17) is 4.74 Å². The number of rotatable bonds is 8. The van der Waals surface area contributed by atoms with Crippen LogP contribution in [0.15, 0.2) is 48.7 Å². The van der Waals surface area contributed by atoms with Crippen molar-refractivity contribution in [3.05, 3.63) is 65.6 Å². The van der Waals surface area contributed by atoms with Crippen molar-refractivity contribution < 1.29 is 9.13 Å². The van der Waals surface area contributed by atoms with E-state index in [9.17, 15) is 4.39 Å². The van der Waals surface area contributed by atoms with Gasteiger partial charge < -0.3 is 14.2 Å². The lowest BCUT2D eigenvalue weighted by Gasteiger charge is -2.17. The van der Waals surface area contributed by atoms with E-state index in [1.807, 2.05) is 29.8 Å². The molecule has 3 rings (SSSR count). The number of hydrogen-bond acceptors (Lipinski definition) is 2. The molecule has 0 atom stereocenters. The second-order valence-electron chi connectivity index (χ2n) is 6.91. The van der Waals surface area contributed by atoms with Gasteiger partial charge in [-0.25, -0.2) is 4.39 Å². The lowest BCUT2D eigenvalue weighted by atomic mass is 10.1. The zero-order valence-corrected chi connectivity index (χ0v) is 15.8. The molecule has 0 saturated carbocycles. The second kappa shape index (κ2) is 8.37. The molecule has 1 aromatic heterocycles. The minimum atomic E-state index is -0.187. The van der Waals surface area contributed by atoms with E-state index in [1.165, 1.54) is 17.2 Å². The van der Waals surface area contributed by atoms with Crippen LogP contribution in [0.5, 0.6) is 5.75 Å². The standard InChI is InChI=1S/C22H27FN2O/c1-4-12-26-20-7-5-6-17(13-20)15-24(2)11-10-18-16-25(3)22-14-19(23)8-9-21(18)22/h5-9,13-14,16H,4,10-12,15H2,1-3H3. The van der Waals surface area contributed by atoms with E-state index < -0.39 is 0 Å². The molecule has 0 aliphatic rings. The average Bonchev–Trinajstić information content (AvgIpc) is 2.94. The van der Waals surface area contributed by atoms with E-state index in [2.05, 4.69) is 37.2 Å². The molecule has 0 saturated heterocycles. The van der Waals surface area contributed by atoms with E-state index >= 15 is 0 Å². The minimum Gasteiger partial charge on any atom is -0.494 e. The third kappa shape index (κ3) is 4.44. The van der Waals surface area contributed by atoms with Crippen LogP contribution in [-0.2, 0) is 20.0 Å². The van der Waals surface area contributed by atoms with Crippen molar-refractivity contribution in [2.75, 3.05) is 20.2 Å². The largest absolute Gasteiger partial charge is 0.494 e. The fourth-order valence-electron chi connectivity index (χ4n) is 3.30. The summed E-state index contributed by atoms with van der Waals surface area (Å²) in [5, 5.41) is 1.14. The van der Waals surface area contributed by atoms with Gasteiger partial charge in [0.05, 0.1) is 12.1 Å². The number of hydrogen-bond donors (Lipinski definition) is 0. The van der Waals surface area contributed by atoms with Gasteiger partial charge in [0.15, 0.2) is 0 Å². The SMILES string of the molecule is CCCOc1cccc(CN(C)CCc2cn(C)c3cc(F)ccc23)c1. The monoisotopic (exact) mass is 354 g/mol. The molecule has 0 unspecified atom stereocenters. The lowest BCUT2D eigenvalue weighted by molar-refractivity contribution is 0.313. The van der Waals surface area contributed by atoms with Crippen molar-refractivity contribution >= 4 is 10.9 Å². The van der Waals surface area contributed by atoms with Crippen LogP contribution < -0.4 is 4.74 Å². The molecule has 0 fully saturated rings. The molecule has 0 bridgehead atoms. The summed E-state index contributed by atoms with van der Waals surface area (Å²) < 4.78 is 21.2. The second-order valence-corrected chi connectivity index (χ2v) is 6.91. The molecule has 3 nitrogen and oxygen atoms in total. The highest BCUT2D eigenvalue weighted by atomic mass is 19.1. The first kappa shape index (κ1) is 18.5. The van der Waals surface area contributed by atoms with Crippen molar-refractivity contribution in [1.82, 2.24) is 9.47 Å². The zero-order chi connectivity index (χ0) is 18.5. The predicted molar refractivity (Wildman–Crippen MR) is 105 cm³/mol. The zero-order valence-electron chi connectivity index (χ0n) is 15.8. The van der Waals surface area contributed by atoms with Gasteiger partial charge in [-0.2, -0.15) is 0 Å². The molecule has 0 radical (unpaired) electrons. The maximum absolute atomic E-state index is 13.5. The summed E-state index contributed by atoms with van der Waals surface area (Å²) >= 11 is 0. The maximum atomic E-state index is 13.5. The van der Waals surface area contributed by atoms with Gasteiger partial charge in [-0.15, -0.1) is 0 Å². The van der Waals surface area contributed by atoms with Gasteiger partial charge in [-0.1, -0.05) is 19.1 Å². The molecular formula is C22H27FN2O. The highest BCUT2D eigenvalue weighted by Gasteiger charge is 2.09. The molecule has 26 heavy (non-hydrogen) atoms. The highest BCUT2D eigenvalue weighted by molar-refractivity contribution is 5.84. The predicted octanol–water partition coefficient (Wildman–Crippen LogP) is 4.78. The Kier molecular flexibility index (Phi) is 5.94. The Hall–Kier alpha value is -2.33. The van der Waals surface area contributed by atoms with Crippen molar-refractivity contribution in [3.8, 4) is 5.75 Å². The Bertz CT molecular complexity index is 872. The molecular weight excluding hydrogens is 327 g/mol. The van der Waals surface area contributed by atoms with Crippen LogP contribution in [0.2, 0.25) is 0 Å². The molecule has 2 aromatic carbocycles. The van der Waals surface area contributed by atoms with Crippen molar-refractivity contribution in [1.29, 1.82) is 0 Å². The minimum absolute atomic E-state index is 0.187. The topological polar surface area (TPSA) is 17.4 Å². The van der Waals surface area contributed by atoms with Gasteiger partial charge in [-0.3, -0.25) is 0 Å². The highest BCUT2D eigenvalue weighted by Crippen LogP contribution is 2.22. The first-order valence-electron chi connectivity index (χ1n) is 9.20. The summed E-state index contributed by atoms with van der Waals surface area (Å²) in [6.07, 6.45) is 4.06. The summed E-state index contributed by atoms with van der Waals surface area (Å²) in [5.41, 5.74) is 3.46. The molecule has 0 aliphatic carbocycles. The normalized spacial score (nSPS) is 11.4. The van der Waals surface area contributed by atoms with Crippen LogP contribution in [0.1, 0.15) is 24.5 Å². The van der Waals surface area contributed by atoms with Crippen molar-refractivity contribution in [2.45, 2.75) is 26.3 Å². The summed E-state index contributed by atoms with van der Waals surface area (Å²) in [6.45, 7) is 4.68. The van der Waals surface area contributed by atoms with Gasteiger partial charge >= 0.3 is 0 Å². The molecule has 1 heterocycles. The molecule has 138 valence electrons. The van der Waals surface area contributed by atoms with E-state index in [0.29, 0.717) is 0 Å². The third-order valence-electron chi connectivity index (χ3n) is 4.62. The molecule has 0 amide bonds. The molecule has 4 heteroatoms. The van der Waals surface area contributed by atoms with Crippen LogP contribution in [0.4, 0.5) is 4.39 Å². The first-order chi connectivity index (χ1) is 12.6. The smallest absolute Gasteiger partial charge is 0.125 e. The number of halogens is 1. The molecule has 0 aliphatic heterocycles. The van der Waals surface area contributed by atoms with E-state index in [-0.39, 0.29) is 5.82 Å². The summed E-state index contributed by atoms with van der Waals surface area (Å²) in [7, 11) is 4.10. The van der Waals surface area contributed by atoms with Crippen LogP contribution in [-0.4, -0.2) is 29.7 Å². The Morgan fingerprint density at radius 3 is 2.81 bits per heavy atom. The fraction of sp³-hybridized carbons (Fsp3) is 0.364. The average molecular weight is 354 g/mol. The van der Waals surface area contributed by atoms with Crippen molar-refractivity contribution in [2.24, 2.45) is 7.05 Å². The quantitative estimate of drug-likeness (QED) is 0.579. The van der Waals surface area contributed by atoms with Crippen LogP contribution in [0.25, 0.3) is 10.9 Å². The van der Waals surface area contributed by atoms with Gasteiger partial charge in [-0.05, 0) is 61.3 Å². The maximum Gasteiger partial charge on any atom is 0.125 e. The van der Waals surface area contributed by atoms with Gasteiger partial charge in [0.1, 0.15) is 11.6 Å². The first-order valence-corrected chi connectivity index (χ1v) is 9.20. The Balaban J connectivity index is 1.62. The van der Waals surface area contributed by atoms with Crippen LogP contribution in [0, 0.1) is 5.82 Å². The lowest BCUT2D eigenvalue weighted by Crippen LogP contribution is -2.20. The Labute approximate surface area is 155 Å². The van der Waals surface area contributed by atoms with Gasteiger partial charge in [0.2, 0.25) is 0 Å². The Morgan fingerprint density at radius 1 is 1.15 bits per heavy atom. The Morgan fingerprint density at radius 2 is 2.00 bits per heavy atom. The summed E-state index contributed by atoms with van der Waals surface area (Å²) in [6, 6.07) is 13.3. The van der Waals surface area contributed by atoms with Crippen molar-refractivity contribution in [3.63, 3.8) is 0 Å².